The van der Waals surface area contributed by atoms with Gasteiger partial charge >= 0.3 is 18.0 Å². The number of esters is 1. The van der Waals surface area contributed by atoms with Crippen LogP contribution in [0.2, 0.25) is 0 Å². The molecule has 434 valence electrons. The van der Waals surface area contributed by atoms with Gasteiger partial charge in [-0.15, -0.1) is 0 Å². The maximum absolute atomic E-state index is 14.2. The highest BCUT2D eigenvalue weighted by molar-refractivity contribution is 7.90. The topological polar surface area (TPSA) is 397 Å². The van der Waals surface area contributed by atoms with E-state index in [1.807, 2.05) is 0 Å². The van der Waals surface area contributed by atoms with Gasteiger partial charge in [-0.25, -0.2) is 17.9 Å². The zero-order valence-corrected chi connectivity index (χ0v) is 47.5. The Morgan fingerprint density at radius 2 is 1.35 bits per heavy atom. The highest BCUT2D eigenvalue weighted by Gasteiger charge is 2.39. The molecule has 0 unspecified atom stereocenters. The number of carboxylic acids is 2. The first kappa shape index (κ1) is 66.8. The molecule has 78 heavy (non-hydrogen) atoms. The summed E-state index contributed by atoms with van der Waals surface area (Å²) in [5.41, 5.74) is 9.27. The SMILES string of the molecule is CC(=O)[O-].Cc1c(C)c(S(=O)(=O)NC(N)=NCCC[C@H](NC(=O)[C@H](CCCCNC(=O)OC(C)(C)C)NC(=O)[C@@H](Cc2ccccc2)NC(=O)[C@@H]([NH3+])CC(=O)OC(C)(C)C)C(=O)NCC(=O)O)c(C)c2c1OC(C)(C)CC2=O. The van der Waals surface area contributed by atoms with Crippen LogP contribution in [-0.2, 0) is 59.5 Å². The van der Waals surface area contributed by atoms with Crippen molar-refractivity contribution in [3.05, 3.63) is 58.1 Å². The number of hydrogen-bond donors (Lipinski definition) is 9. The Labute approximate surface area is 455 Å². The lowest BCUT2D eigenvalue weighted by Gasteiger charge is -2.34. The van der Waals surface area contributed by atoms with E-state index in [2.05, 4.69) is 42.0 Å². The molecule has 0 bridgehead atoms. The van der Waals surface area contributed by atoms with Crippen molar-refractivity contribution in [1.29, 1.82) is 0 Å². The zero-order chi connectivity index (χ0) is 59.5. The summed E-state index contributed by atoms with van der Waals surface area (Å²) in [6.45, 7) is 18.5. The van der Waals surface area contributed by atoms with E-state index >= 15 is 0 Å². The number of carbonyl (C=O) groups is 9. The second-order valence-corrected chi connectivity index (χ2v) is 22.9. The van der Waals surface area contributed by atoms with Gasteiger partial charge in [-0.2, -0.15) is 0 Å². The number of Topliss-reactive ketones (excluding diaryl/α,β-unsaturated/α-hetero) is 1. The Kier molecular flexibility index (Phi) is 25.2. The molecular weight excluding hydrogens is 1040 g/mol. The van der Waals surface area contributed by atoms with Gasteiger partial charge in [0.05, 0.1) is 16.9 Å². The number of ether oxygens (including phenoxy) is 3. The van der Waals surface area contributed by atoms with E-state index < -0.39 is 118 Å². The van der Waals surface area contributed by atoms with Crippen LogP contribution in [-0.4, -0.2) is 134 Å². The molecule has 3 rings (SSSR count). The molecule has 2 aromatic carbocycles. The molecule has 0 aromatic heterocycles. The van der Waals surface area contributed by atoms with Gasteiger partial charge in [0, 0.05) is 25.5 Å². The molecule has 26 heteroatoms. The number of fused-ring (bicyclic) bond motifs is 1. The Morgan fingerprint density at radius 1 is 0.808 bits per heavy atom. The van der Waals surface area contributed by atoms with E-state index in [-0.39, 0.29) is 73.4 Å². The van der Waals surface area contributed by atoms with Crippen molar-refractivity contribution < 1.29 is 81.7 Å². The fraction of sp³-hybridized carbons (Fsp3) is 0.577. The number of sulfonamides is 1. The number of nitrogens with zero attached hydrogens (tertiary/aromatic N) is 1. The Balaban J connectivity index is 0.00000501. The summed E-state index contributed by atoms with van der Waals surface area (Å²) >= 11 is 0. The number of benzene rings is 2. The summed E-state index contributed by atoms with van der Waals surface area (Å²) in [5.74, 6) is -6.95. The highest BCUT2D eigenvalue weighted by atomic mass is 32.2. The molecule has 1 heterocycles. The number of quaternary nitrogens is 1. The van der Waals surface area contributed by atoms with Gasteiger partial charge in [0.25, 0.3) is 15.9 Å². The maximum atomic E-state index is 14.2. The highest BCUT2D eigenvalue weighted by Crippen LogP contribution is 2.42. The summed E-state index contributed by atoms with van der Waals surface area (Å²) in [5, 5.41) is 31.0. The van der Waals surface area contributed by atoms with Gasteiger partial charge in [-0.1, -0.05) is 30.3 Å². The quantitative estimate of drug-likeness (QED) is 0.0298. The summed E-state index contributed by atoms with van der Waals surface area (Å²) in [6.07, 6.45) is -0.792. The summed E-state index contributed by atoms with van der Waals surface area (Å²) in [7, 11) is -4.41. The van der Waals surface area contributed by atoms with E-state index in [1.54, 1.807) is 99.6 Å². The maximum Gasteiger partial charge on any atom is 0.407 e. The lowest BCUT2D eigenvalue weighted by molar-refractivity contribution is -0.403. The van der Waals surface area contributed by atoms with Gasteiger partial charge in [-0.3, -0.25) is 38.6 Å². The number of guanidine groups is 1. The van der Waals surface area contributed by atoms with Gasteiger partial charge in [0.15, 0.2) is 11.8 Å². The van der Waals surface area contributed by atoms with Crippen LogP contribution in [0.15, 0.2) is 40.2 Å². The van der Waals surface area contributed by atoms with Crippen LogP contribution in [0.4, 0.5) is 4.79 Å². The third-order valence-corrected chi connectivity index (χ3v) is 12.9. The second-order valence-electron chi connectivity index (χ2n) is 21.3. The molecule has 0 aliphatic carbocycles. The summed E-state index contributed by atoms with van der Waals surface area (Å²) < 4.78 is 46.6. The fourth-order valence-corrected chi connectivity index (χ4v) is 9.34. The Morgan fingerprint density at radius 3 is 1.91 bits per heavy atom. The summed E-state index contributed by atoms with van der Waals surface area (Å²) in [6, 6.07) is 3.40. The normalized spacial score (nSPS) is 14.7. The molecule has 12 N–H and O–H groups in total. The number of carbonyl (C=O) groups excluding carboxylic acids is 8. The van der Waals surface area contributed by atoms with Crippen molar-refractivity contribution in [2.24, 2.45) is 10.7 Å². The van der Waals surface area contributed by atoms with E-state index in [0.717, 1.165) is 6.92 Å². The van der Waals surface area contributed by atoms with Crippen molar-refractivity contribution >= 4 is 69.4 Å². The van der Waals surface area contributed by atoms with Crippen molar-refractivity contribution in [2.45, 2.75) is 180 Å². The second kappa shape index (κ2) is 29.4. The number of amides is 5. The minimum absolute atomic E-state index is 0.0143. The molecule has 1 aliphatic heterocycles. The summed E-state index contributed by atoms with van der Waals surface area (Å²) in [4.78, 5) is 118. The number of unbranched alkanes of at least 4 members (excludes halogenated alkanes) is 1. The monoisotopic (exact) mass is 1120 g/mol. The third kappa shape index (κ3) is 23.5. The number of aliphatic imine (C=N–C) groups is 1. The standard InChI is InChI=1S/C50H75N9O14S.C2H4O2/c1-28-29(2)41(30(3)39-36(60)26-50(10,11)72-40(28)39)74(69,70)59-46(52)53-23-17-21-33(43(65)55-27-37(61)62)56-44(66)34(20-15-16-22-54-47(68)73-49(7,8)9)57-45(67)35(24-31-18-13-12-14-19-31)58-42(64)32(51)25-38(63)71-48(4,5)6;1-2(3)4/h12-14,18-19,32-35H,15-17,20-27,51H2,1-11H3,(H,54,68)(H,55,65)(H,56,66)(H,57,67)(H,58,64)(H,61,62)(H3,52,53,59);1H3,(H,3,4)/t32-,33-,34-,35+;/m0./s1. The largest absolute Gasteiger partial charge is 0.550 e. The van der Waals surface area contributed by atoms with Crippen LogP contribution in [0.1, 0.15) is 140 Å². The van der Waals surface area contributed by atoms with Crippen molar-refractivity contribution in [1.82, 2.24) is 31.3 Å². The first-order valence-corrected chi connectivity index (χ1v) is 26.7. The molecule has 1 aliphatic rings. The third-order valence-electron chi connectivity index (χ3n) is 11.3. The van der Waals surface area contributed by atoms with Crippen LogP contribution >= 0.6 is 0 Å². The number of alkyl carbamates (subject to hydrolysis) is 1. The number of rotatable bonds is 24. The average molecular weight is 1120 g/mol. The predicted molar refractivity (Wildman–Crippen MR) is 283 cm³/mol. The molecule has 2 aromatic rings. The molecule has 0 spiro atoms. The molecule has 0 radical (unpaired) electrons. The van der Waals surface area contributed by atoms with E-state index in [9.17, 15) is 51.9 Å². The zero-order valence-electron chi connectivity index (χ0n) is 46.7. The molecule has 0 saturated carbocycles. The average Bonchev–Trinajstić information content (AvgIpc) is 3.28. The number of carboxylic acid groups (broad SMARTS) is 2. The van der Waals surface area contributed by atoms with Crippen molar-refractivity contribution in [3.8, 4) is 5.75 Å². The Bertz CT molecular complexity index is 2640. The van der Waals surface area contributed by atoms with E-state index in [4.69, 9.17) is 29.8 Å². The fourth-order valence-electron chi connectivity index (χ4n) is 7.83. The van der Waals surface area contributed by atoms with Crippen molar-refractivity contribution in [3.63, 3.8) is 0 Å². The number of nitrogens with one attached hydrogen (secondary N) is 6. The first-order valence-electron chi connectivity index (χ1n) is 25.3. The van der Waals surface area contributed by atoms with Crippen LogP contribution in [0.3, 0.4) is 0 Å². The molecule has 0 saturated heterocycles. The minimum Gasteiger partial charge on any atom is -0.550 e. The first-order chi connectivity index (χ1) is 35.9. The van der Waals surface area contributed by atoms with Crippen LogP contribution in [0, 0.1) is 20.8 Å². The molecule has 5 amide bonds. The molecule has 4 atom stereocenters. The van der Waals surface area contributed by atoms with Crippen LogP contribution in [0.25, 0.3) is 0 Å². The van der Waals surface area contributed by atoms with E-state index in [0.29, 0.717) is 28.9 Å². The number of ketones is 1. The predicted octanol–water partition coefficient (Wildman–Crippen LogP) is 0.420. The van der Waals surface area contributed by atoms with Crippen LogP contribution < -0.4 is 52.6 Å². The number of hydrogen-bond acceptors (Lipinski definition) is 16. The molecule has 0 fully saturated rings. The minimum atomic E-state index is -4.41. The Hall–Kier alpha value is -7.35. The van der Waals surface area contributed by atoms with Gasteiger partial charge in [0.1, 0.15) is 53.6 Å². The smallest absolute Gasteiger partial charge is 0.407 e. The molecular formula is C52H79N9O16S. The van der Waals surface area contributed by atoms with Gasteiger partial charge < -0.3 is 67.3 Å². The number of nitrogens with two attached hydrogens (primary N) is 1. The van der Waals surface area contributed by atoms with Gasteiger partial charge in [0.2, 0.25) is 23.7 Å². The van der Waals surface area contributed by atoms with E-state index in [1.165, 1.54) is 6.92 Å². The lowest BCUT2D eigenvalue weighted by Crippen LogP contribution is -2.70. The lowest BCUT2D eigenvalue weighted by atomic mass is 9.87. The van der Waals surface area contributed by atoms with Gasteiger partial charge in [-0.05, 0) is 137 Å². The number of aliphatic carboxylic acids is 2. The van der Waals surface area contributed by atoms with Crippen LogP contribution in [0.5, 0.6) is 5.75 Å². The van der Waals surface area contributed by atoms with Crippen molar-refractivity contribution in [2.75, 3.05) is 19.6 Å². The molecule has 25 nitrogen and oxygen atoms in total.